The Morgan fingerprint density at radius 1 is 0.902 bits per heavy atom. The van der Waals surface area contributed by atoms with E-state index in [4.69, 9.17) is 9.47 Å². The Hall–Kier alpha value is -4.30. The molecule has 3 atom stereocenters. The smallest absolute Gasteiger partial charge is 0.407 e. The number of hydrogen-bond acceptors (Lipinski definition) is 6. The van der Waals surface area contributed by atoms with Gasteiger partial charge in [0.05, 0.1) is 17.8 Å². The highest BCUT2D eigenvalue weighted by Crippen LogP contribution is 2.31. The van der Waals surface area contributed by atoms with E-state index in [0.29, 0.717) is 24.2 Å². The van der Waals surface area contributed by atoms with Crippen LogP contribution in [0.5, 0.6) is 5.75 Å². The number of alkyl carbamates (subject to hydrolysis) is 1. The van der Waals surface area contributed by atoms with E-state index in [9.17, 15) is 19.8 Å². The van der Waals surface area contributed by atoms with Gasteiger partial charge < -0.3 is 30.3 Å². The second kappa shape index (κ2) is 13.4. The van der Waals surface area contributed by atoms with Crippen LogP contribution in [0.2, 0.25) is 0 Å². The Labute approximate surface area is 241 Å². The largest absolute Gasteiger partial charge is 0.507 e. The third-order valence-electron chi connectivity index (χ3n) is 6.74. The number of fused-ring (bicyclic) bond motifs is 1. The molecule has 0 saturated carbocycles. The molecule has 1 aliphatic rings. The molecule has 1 aliphatic heterocycles. The second-order valence-corrected chi connectivity index (χ2v) is 11.2. The van der Waals surface area contributed by atoms with Gasteiger partial charge in [-0.05, 0) is 63.3 Å². The quantitative estimate of drug-likeness (QED) is 0.273. The number of aliphatic hydroxyl groups is 2. The van der Waals surface area contributed by atoms with Crippen molar-refractivity contribution in [3.05, 3.63) is 107 Å². The average molecular weight is 559 g/mol. The summed E-state index contributed by atoms with van der Waals surface area (Å²) in [5.74, 6) is -0.558. The van der Waals surface area contributed by atoms with Crippen molar-refractivity contribution in [2.45, 2.75) is 57.8 Å². The molecule has 216 valence electrons. The van der Waals surface area contributed by atoms with Crippen molar-refractivity contribution in [3.8, 4) is 5.75 Å². The number of aliphatic hydroxyl groups excluding tert-OH is 2. The molecule has 8 nitrogen and oxygen atoms in total. The van der Waals surface area contributed by atoms with Gasteiger partial charge in [-0.1, -0.05) is 72.8 Å². The van der Waals surface area contributed by atoms with Gasteiger partial charge in [0, 0.05) is 11.5 Å². The number of nitrogens with one attached hydrogen (secondary N) is 2. The standard InChI is InChI=1S/C33H38N2O6/c1-33(2,3)41-32(39)34-26(19-23-14-8-5-9-15-23)27(36)20-24(18-22-12-6-4-7-13-22)31(38)35-30-25-16-10-11-17-29(25)40-21-28(30)37/h4-17,24,26-27,36-37H,18-21H2,1-3H3,(H,34,39)(H,35,38)/t24-,26+,27+/m1/s1. The van der Waals surface area contributed by atoms with Crippen molar-refractivity contribution in [2.24, 2.45) is 5.92 Å². The van der Waals surface area contributed by atoms with Crippen LogP contribution in [0.15, 0.2) is 90.7 Å². The molecule has 0 aliphatic carbocycles. The van der Waals surface area contributed by atoms with Crippen LogP contribution in [0.3, 0.4) is 0 Å². The molecular formula is C33H38N2O6. The summed E-state index contributed by atoms with van der Waals surface area (Å²) in [6, 6.07) is 25.5. The highest BCUT2D eigenvalue weighted by molar-refractivity contribution is 5.90. The van der Waals surface area contributed by atoms with Gasteiger partial charge in [-0.25, -0.2) is 4.79 Å². The van der Waals surface area contributed by atoms with Crippen LogP contribution in [0.4, 0.5) is 4.79 Å². The average Bonchev–Trinajstić information content (AvgIpc) is 2.94. The van der Waals surface area contributed by atoms with E-state index in [1.54, 1.807) is 39.0 Å². The predicted octanol–water partition coefficient (Wildman–Crippen LogP) is 5.17. The normalized spacial score (nSPS) is 15.1. The van der Waals surface area contributed by atoms with Crippen LogP contribution in [-0.2, 0) is 22.4 Å². The number of para-hydroxylation sites is 1. The lowest BCUT2D eigenvalue weighted by atomic mass is 9.88. The minimum Gasteiger partial charge on any atom is -0.507 e. The number of hydrogen-bond donors (Lipinski definition) is 4. The first-order chi connectivity index (χ1) is 19.6. The van der Waals surface area contributed by atoms with Gasteiger partial charge >= 0.3 is 6.09 Å². The summed E-state index contributed by atoms with van der Waals surface area (Å²) < 4.78 is 11.0. The van der Waals surface area contributed by atoms with E-state index in [2.05, 4.69) is 10.6 Å². The zero-order valence-electron chi connectivity index (χ0n) is 23.7. The second-order valence-electron chi connectivity index (χ2n) is 11.2. The molecule has 1 heterocycles. The van der Waals surface area contributed by atoms with E-state index in [0.717, 1.165) is 11.1 Å². The molecule has 8 heteroatoms. The molecule has 0 saturated heterocycles. The van der Waals surface area contributed by atoms with Crippen molar-refractivity contribution >= 4 is 17.7 Å². The molecule has 0 bridgehead atoms. The Balaban J connectivity index is 1.58. The van der Waals surface area contributed by atoms with E-state index >= 15 is 0 Å². The number of ether oxygens (including phenoxy) is 2. The van der Waals surface area contributed by atoms with Crippen molar-refractivity contribution in [2.75, 3.05) is 6.61 Å². The summed E-state index contributed by atoms with van der Waals surface area (Å²) in [5.41, 5.74) is 2.00. The van der Waals surface area contributed by atoms with E-state index in [1.165, 1.54) is 0 Å². The number of amides is 2. The Morgan fingerprint density at radius 3 is 2.12 bits per heavy atom. The van der Waals surface area contributed by atoms with E-state index in [-0.39, 0.29) is 30.4 Å². The van der Waals surface area contributed by atoms with Crippen molar-refractivity contribution in [3.63, 3.8) is 0 Å². The van der Waals surface area contributed by atoms with Gasteiger partial charge in [-0.15, -0.1) is 0 Å². The van der Waals surface area contributed by atoms with E-state index < -0.39 is 29.8 Å². The minimum atomic E-state index is -1.08. The molecule has 41 heavy (non-hydrogen) atoms. The molecule has 0 unspecified atom stereocenters. The van der Waals surface area contributed by atoms with Crippen molar-refractivity contribution in [1.82, 2.24) is 10.6 Å². The molecule has 2 amide bonds. The first kappa shape index (κ1) is 29.7. The zero-order valence-corrected chi connectivity index (χ0v) is 23.7. The molecule has 0 fully saturated rings. The Bertz CT molecular complexity index is 1350. The highest BCUT2D eigenvalue weighted by Gasteiger charge is 2.31. The van der Waals surface area contributed by atoms with Crippen LogP contribution >= 0.6 is 0 Å². The maximum atomic E-state index is 13.8. The highest BCUT2D eigenvalue weighted by atomic mass is 16.6. The van der Waals surface area contributed by atoms with Crippen molar-refractivity contribution in [1.29, 1.82) is 0 Å². The molecule has 0 spiro atoms. The summed E-state index contributed by atoms with van der Waals surface area (Å²) in [6.07, 6.45) is -0.972. The molecule has 4 N–H and O–H groups in total. The lowest BCUT2D eigenvalue weighted by molar-refractivity contribution is -0.125. The molecule has 4 rings (SSSR count). The molecule has 0 radical (unpaired) electrons. The van der Waals surface area contributed by atoms with Crippen LogP contribution in [0, 0.1) is 5.92 Å². The predicted molar refractivity (Wildman–Crippen MR) is 157 cm³/mol. The van der Waals surface area contributed by atoms with Gasteiger partial charge in [0.2, 0.25) is 5.91 Å². The molecule has 3 aromatic rings. The number of carbonyl (C=O) groups is 2. The zero-order chi connectivity index (χ0) is 29.4. The number of benzene rings is 3. The third-order valence-corrected chi connectivity index (χ3v) is 6.74. The fourth-order valence-electron chi connectivity index (χ4n) is 4.79. The van der Waals surface area contributed by atoms with Crippen LogP contribution in [0.25, 0.3) is 5.70 Å². The summed E-state index contributed by atoms with van der Waals surface area (Å²) in [4.78, 5) is 26.5. The first-order valence-corrected chi connectivity index (χ1v) is 13.8. The topological polar surface area (TPSA) is 117 Å². The maximum Gasteiger partial charge on any atom is 0.407 e. The third kappa shape index (κ3) is 8.59. The molecule has 0 aromatic heterocycles. The Kier molecular flexibility index (Phi) is 9.68. The maximum absolute atomic E-state index is 13.8. The van der Waals surface area contributed by atoms with Crippen LogP contribution in [0.1, 0.15) is 43.9 Å². The van der Waals surface area contributed by atoms with E-state index in [1.807, 2.05) is 66.7 Å². The molecule has 3 aromatic carbocycles. The van der Waals surface area contributed by atoms with Gasteiger partial charge in [0.1, 0.15) is 18.0 Å². The van der Waals surface area contributed by atoms with Gasteiger partial charge in [0.15, 0.2) is 5.76 Å². The van der Waals surface area contributed by atoms with Gasteiger partial charge in [0.25, 0.3) is 0 Å². The summed E-state index contributed by atoms with van der Waals surface area (Å²) >= 11 is 0. The monoisotopic (exact) mass is 558 g/mol. The fraction of sp³-hybridized carbons (Fsp3) is 0.333. The summed E-state index contributed by atoms with van der Waals surface area (Å²) in [6.45, 7) is 5.26. The lowest BCUT2D eigenvalue weighted by Gasteiger charge is -2.29. The van der Waals surface area contributed by atoms with Gasteiger partial charge in [-0.3, -0.25) is 4.79 Å². The van der Waals surface area contributed by atoms with Crippen molar-refractivity contribution < 1.29 is 29.3 Å². The number of rotatable bonds is 10. The molecular weight excluding hydrogens is 520 g/mol. The summed E-state index contributed by atoms with van der Waals surface area (Å²) in [5, 5.41) is 27.8. The summed E-state index contributed by atoms with van der Waals surface area (Å²) in [7, 11) is 0. The fourth-order valence-corrected chi connectivity index (χ4v) is 4.79. The minimum absolute atomic E-state index is 0.0558. The number of carbonyl (C=O) groups excluding carboxylic acids is 2. The Morgan fingerprint density at radius 2 is 1.49 bits per heavy atom. The van der Waals surface area contributed by atoms with Crippen LogP contribution in [-0.4, -0.2) is 46.6 Å². The van der Waals surface area contributed by atoms with Gasteiger partial charge in [-0.2, -0.15) is 0 Å². The first-order valence-electron chi connectivity index (χ1n) is 13.8. The lowest BCUT2D eigenvalue weighted by Crippen LogP contribution is -2.48. The SMILES string of the molecule is CC(C)(C)OC(=O)N[C@@H](Cc1ccccc1)[C@@H](O)C[C@@H](Cc1ccccc1)C(=O)NC1=C(O)COc2ccccc21. The van der Waals surface area contributed by atoms with Crippen LogP contribution < -0.4 is 15.4 Å².